The Hall–Kier alpha value is -0.630. The molecule has 0 aromatic carbocycles. The normalized spacial score (nSPS) is 23.9. The van der Waals surface area contributed by atoms with E-state index in [1.807, 2.05) is 0 Å². The van der Waals surface area contributed by atoms with Gasteiger partial charge in [-0.15, -0.1) is 0 Å². The maximum atomic E-state index is 6.35. The van der Waals surface area contributed by atoms with Gasteiger partial charge in [0.1, 0.15) is 11.0 Å². The molecule has 0 unspecified atom stereocenters. The second-order valence-corrected chi connectivity index (χ2v) is 6.51. The highest BCUT2D eigenvalue weighted by atomic mass is 35.5. The number of aryl methyl sites for hydroxylation is 1. The van der Waals surface area contributed by atoms with E-state index in [2.05, 4.69) is 32.7 Å². The van der Waals surface area contributed by atoms with Crippen LogP contribution in [-0.2, 0) is 0 Å². The van der Waals surface area contributed by atoms with Crippen LogP contribution in [0.3, 0.4) is 0 Å². The lowest BCUT2D eigenvalue weighted by Gasteiger charge is -2.27. The van der Waals surface area contributed by atoms with Crippen molar-refractivity contribution >= 4 is 11.6 Å². The predicted octanol–water partition coefficient (Wildman–Crippen LogP) is 5.25. The van der Waals surface area contributed by atoms with Crippen molar-refractivity contribution in [3.05, 3.63) is 22.2 Å². The molecule has 0 radical (unpaired) electrons. The lowest BCUT2D eigenvalue weighted by Crippen LogP contribution is -2.16. The fraction of sp³-hybridized carbons (Fsp3) is 0.750. The van der Waals surface area contributed by atoms with Crippen LogP contribution in [0.4, 0.5) is 0 Å². The zero-order valence-electron chi connectivity index (χ0n) is 12.5. The van der Waals surface area contributed by atoms with Crippen molar-refractivity contribution in [3.8, 4) is 0 Å². The molecule has 0 bridgehead atoms. The summed E-state index contributed by atoms with van der Waals surface area (Å²) in [6.45, 7) is 8.64. The molecule has 0 N–H and O–H groups in total. The van der Waals surface area contributed by atoms with Crippen LogP contribution in [0.1, 0.15) is 81.8 Å². The Kier molecular flexibility index (Phi) is 4.83. The van der Waals surface area contributed by atoms with Crippen LogP contribution in [0.2, 0.25) is 5.15 Å². The van der Waals surface area contributed by atoms with E-state index in [9.17, 15) is 0 Å². The number of rotatable bonds is 3. The molecule has 106 valence electrons. The van der Waals surface area contributed by atoms with Crippen LogP contribution in [0.15, 0.2) is 0 Å². The smallest absolute Gasteiger partial charge is 0.136 e. The molecule has 3 heteroatoms. The van der Waals surface area contributed by atoms with Crippen LogP contribution in [0, 0.1) is 12.8 Å². The first-order valence-corrected chi connectivity index (χ1v) is 7.94. The van der Waals surface area contributed by atoms with Crippen molar-refractivity contribution in [2.24, 2.45) is 5.92 Å². The number of halogens is 1. The van der Waals surface area contributed by atoms with Gasteiger partial charge >= 0.3 is 0 Å². The molecule has 1 aliphatic rings. The van der Waals surface area contributed by atoms with Gasteiger partial charge in [0.2, 0.25) is 0 Å². The molecule has 2 rings (SSSR count). The number of hydrogen-bond acceptors (Lipinski definition) is 2. The molecule has 0 spiro atoms. The molecule has 2 nitrogen and oxygen atoms in total. The molecule has 1 aromatic rings. The van der Waals surface area contributed by atoms with Crippen molar-refractivity contribution in [2.75, 3.05) is 0 Å². The standard InChI is InChI=1S/C16H25ClN2/c1-5-12-6-8-13(9-7-12)16-18-11(4)14(10(2)3)15(17)19-16/h10,12-13H,5-9H2,1-4H3. The van der Waals surface area contributed by atoms with Crippen molar-refractivity contribution in [2.45, 2.75) is 71.6 Å². The molecule has 0 amide bonds. The second-order valence-electron chi connectivity index (χ2n) is 6.15. The highest BCUT2D eigenvalue weighted by molar-refractivity contribution is 6.30. The summed E-state index contributed by atoms with van der Waals surface area (Å²) in [4.78, 5) is 9.32. The molecule has 19 heavy (non-hydrogen) atoms. The average Bonchev–Trinajstić information content (AvgIpc) is 2.37. The van der Waals surface area contributed by atoms with Crippen LogP contribution < -0.4 is 0 Å². The van der Waals surface area contributed by atoms with Gasteiger partial charge in [-0.1, -0.05) is 38.8 Å². The molecule has 1 fully saturated rings. The summed E-state index contributed by atoms with van der Waals surface area (Å²) in [6.07, 6.45) is 6.37. The Morgan fingerprint density at radius 1 is 1.16 bits per heavy atom. The summed E-state index contributed by atoms with van der Waals surface area (Å²) >= 11 is 6.35. The number of aromatic nitrogens is 2. The van der Waals surface area contributed by atoms with Gasteiger partial charge in [-0.2, -0.15) is 0 Å². The van der Waals surface area contributed by atoms with E-state index >= 15 is 0 Å². The fourth-order valence-electron chi connectivity index (χ4n) is 3.23. The van der Waals surface area contributed by atoms with Gasteiger partial charge in [-0.3, -0.25) is 0 Å². The predicted molar refractivity (Wildman–Crippen MR) is 80.9 cm³/mol. The molecule has 1 aromatic heterocycles. The Bertz CT molecular complexity index is 411. The number of hydrogen-bond donors (Lipinski definition) is 0. The van der Waals surface area contributed by atoms with Crippen molar-refractivity contribution in [3.63, 3.8) is 0 Å². The van der Waals surface area contributed by atoms with Gasteiger partial charge in [0.15, 0.2) is 0 Å². The Morgan fingerprint density at radius 2 is 1.79 bits per heavy atom. The first kappa shape index (κ1) is 14.8. The molecular formula is C16H25ClN2. The first-order chi connectivity index (χ1) is 9.02. The summed E-state index contributed by atoms with van der Waals surface area (Å²) < 4.78 is 0. The van der Waals surface area contributed by atoms with E-state index in [-0.39, 0.29) is 0 Å². The lowest BCUT2D eigenvalue weighted by atomic mass is 9.80. The third-order valence-electron chi connectivity index (χ3n) is 4.47. The summed E-state index contributed by atoms with van der Waals surface area (Å²) in [7, 11) is 0. The Labute approximate surface area is 122 Å². The van der Waals surface area contributed by atoms with E-state index in [0.29, 0.717) is 17.0 Å². The van der Waals surface area contributed by atoms with E-state index in [0.717, 1.165) is 23.0 Å². The van der Waals surface area contributed by atoms with E-state index in [1.54, 1.807) is 0 Å². The number of nitrogens with zero attached hydrogens (tertiary/aromatic N) is 2. The zero-order valence-corrected chi connectivity index (χ0v) is 13.3. The third-order valence-corrected chi connectivity index (χ3v) is 4.76. The van der Waals surface area contributed by atoms with Gasteiger partial charge in [0, 0.05) is 17.2 Å². The van der Waals surface area contributed by atoms with Gasteiger partial charge < -0.3 is 0 Å². The van der Waals surface area contributed by atoms with Gasteiger partial charge in [0.25, 0.3) is 0 Å². The summed E-state index contributed by atoms with van der Waals surface area (Å²) in [6, 6.07) is 0. The van der Waals surface area contributed by atoms with Crippen molar-refractivity contribution < 1.29 is 0 Å². The molecule has 1 heterocycles. The van der Waals surface area contributed by atoms with Crippen LogP contribution >= 0.6 is 11.6 Å². The Balaban J connectivity index is 2.18. The minimum Gasteiger partial charge on any atom is -0.238 e. The highest BCUT2D eigenvalue weighted by Gasteiger charge is 2.24. The maximum Gasteiger partial charge on any atom is 0.136 e. The molecule has 1 aliphatic carbocycles. The second kappa shape index (κ2) is 6.21. The van der Waals surface area contributed by atoms with E-state index < -0.39 is 0 Å². The van der Waals surface area contributed by atoms with E-state index in [4.69, 9.17) is 16.6 Å². The maximum absolute atomic E-state index is 6.35. The largest absolute Gasteiger partial charge is 0.238 e. The van der Waals surface area contributed by atoms with Crippen molar-refractivity contribution in [1.82, 2.24) is 9.97 Å². The molecule has 0 aliphatic heterocycles. The third kappa shape index (κ3) is 3.28. The minimum absolute atomic E-state index is 0.386. The molecule has 0 atom stereocenters. The summed E-state index contributed by atoms with van der Waals surface area (Å²) in [5.41, 5.74) is 2.16. The zero-order chi connectivity index (χ0) is 14.0. The van der Waals surface area contributed by atoms with Gasteiger partial charge in [0.05, 0.1) is 0 Å². The first-order valence-electron chi connectivity index (χ1n) is 7.56. The average molecular weight is 281 g/mol. The molecule has 0 saturated heterocycles. The topological polar surface area (TPSA) is 25.8 Å². The minimum atomic E-state index is 0.386. The highest BCUT2D eigenvalue weighted by Crippen LogP contribution is 2.37. The van der Waals surface area contributed by atoms with Crippen LogP contribution in [0.25, 0.3) is 0 Å². The lowest BCUT2D eigenvalue weighted by molar-refractivity contribution is 0.312. The summed E-state index contributed by atoms with van der Waals surface area (Å²) in [5, 5.41) is 0.662. The summed E-state index contributed by atoms with van der Waals surface area (Å²) in [5.74, 6) is 2.78. The van der Waals surface area contributed by atoms with Crippen LogP contribution in [-0.4, -0.2) is 9.97 Å². The van der Waals surface area contributed by atoms with E-state index in [1.165, 1.54) is 32.1 Å². The van der Waals surface area contributed by atoms with Gasteiger partial charge in [-0.25, -0.2) is 9.97 Å². The SMILES string of the molecule is CCC1CCC(c2nc(C)c(C(C)C)c(Cl)n2)CC1. The fourth-order valence-corrected chi connectivity index (χ4v) is 3.68. The monoisotopic (exact) mass is 280 g/mol. The quantitative estimate of drug-likeness (QED) is 0.707. The Morgan fingerprint density at radius 3 is 2.26 bits per heavy atom. The van der Waals surface area contributed by atoms with Crippen LogP contribution in [0.5, 0.6) is 0 Å². The van der Waals surface area contributed by atoms with Crippen molar-refractivity contribution in [1.29, 1.82) is 0 Å². The molecule has 1 saturated carbocycles. The molecular weight excluding hydrogens is 256 g/mol. The van der Waals surface area contributed by atoms with Gasteiger partial charge in [-0.05, 0) is 44.4 Å².